The Kier molecular flexibility index (Phi) is 1.94. The highest BCUT2D eigenvalue weighted by atomic mass is 16.4. The summed E-state index contributed by atoms with van der Waals surface area (Å²) in [6, 6.07) is 3.96. The van der Waals surface area contributed by atoms with Crippen molar-refractivity contribution in [3.05, 3.63) is 30.2 Å². The Morgan fingerprint density at radius 1 is 1.57 bits per heavy atom. The van der Waals surface area contributed by atoms with Crippen LogP contribution in [0.2, 0.25) is 0 Å². The molecule has 0 aliphatic carbocycles. The summed E-state index contributed by atoms with van der Waals surface area (Å²) < 4.78 is 5.03. The Hall–Kier alpha value is -1.88. The average Bonchev–Trinajstić information content (AvgIpc) is 2.63. The van der Waals surface area contributed by atoms with Crippen LogP contribution in [-0.2, 0) is 4.79 Å². The molecule has 2 aromatic rings. The number of aliphatic carboxylic acids is 1. The third-order valence-electron chi connectivity index (χ3n) is 1.99. The van der Waals surface area contributed by atoms with E-state index in [9.17, 15) is 4.79 Å². The van der Waals surface area contributed by atoms with Crippen LogP contribution < -0.4 is 5.73 Å². The standard InChI is InChI=1S/C9H8N2O3/c10-7(9(12)13)5-2-1-3-6-8(5)11-4-14-6/h1-4,7H,10H2,(H,12,13). The highest BCUT2D eigenvalue weighted by molar-refractivity contribution is 5.84. The molecule has 1 unspecified atom stereocenters. The van der Waals surface area contributed by atoms with Crippen molar-refractivity contribution in [1.29, 1.82) is 0 Å². The first-order valence-electron chi connectivity index (χ1n) is 4.00. The molecule has 0 saturated carbocycles. The van der Waals surface area contributed by atoms with E-state index in [1.54, 1.807) is 18.2 Å². The largest absolute Gasteiger partial charge is 0.480 e. The Morgan fingerprint density at radius 2 is 2.36 bits per heavy atom. The van der Waals surface area contributed by atoms with Gasteiger partial charge in [0.1, 0.15) is 11.6 Å². The van der Waals surface area contributed by atoms with Gasteiger partial charge in [-0.2, -0.15) is 0 Å². The van der Waals surface area contributed by atoms with E-state index in [1.807, 2.05) is 0 Å². The summed E-state index contributed by atoms with van der Waals surface area (Å²) in [6.45, 7) is 0. The van der Waals surface area contributed by atoms with Crippen LogP contribution in [-0.4, -0.2) is 16.1 Å². The van der Waals surface area contributed by atoms with Crippen molar-refractivity contribution >= 4 is 17.1 Å². The fraction of sp³-hybridized carbons (Fsp3) is 0.111. The number of nitrogens with two attached hydrogens (primary N) is 1. The van der Waals surface area contributed by atoms with Crippen LogP contribution in [0.1, 0.15) is 11.6 Å². The SMILES string of the molecule is NC(C(=O)O)c1cccc2ocnc12. The molecule has 1 atom stereocenters. The number of rotatable bonds is 2. The third kappa shape index (κ3) is 1.23. The maximum Gasteiger partial charge on any atom is 0.325 e. The van der Waals surface area contributed by atoms with E-state index in [2.05, 4.69) is 4.98 Å². The van der Waals surface area contributed by atoms with E-state index in [1.165, 1.54) is 6.39 Å². The zero-order valence-corrected chi connectivity index (χ0v) is 7.18. The van der Waals surface area contributed by atoms with Crippen molar-refractivity contribution in [3.63, 3.8) is 0 Å². The zero-order valence-electron chi connectivity index (χ0n) is 7.18. The second kappa shape index (κ2) is 3.12. The van der Waals surface area contributed by atoms with Crippen LogP contribution in [0.5, 0.6) is 0 Å². The van der Waals surface area contributed by atoms with Gasteiger partial charge in [-0.05, 0) is 6.07 Å². The number of carbonyl (C=O) groups is 1. The van der Waals surface area contributed by atoms with Gasteiger partial charge >= 0.3 is 5.97 Å². The van der Waals surface area contributed by atoms with Gasteiger partial charge in [-0.15, -0.1) is 0 Å². The van der Waals surface area contributed by atoms with Gasteiger partial charge in [0.2, 0.25) is 0 Å². The Labute approximate surface area is 79.2 Å². The summed E-state index contributed by atoms with van der Waals surface area (Å²) in [7, 11) is 0. The van der Waals surface area contributed by atoms with Gasteiger partial charge in [-0.3, -0.25) is 4.79 Å². The summed E-state index contributed by atoms with van der Waals surface area (Å²) in [6.07, 6.45) is 1.27. The number of para-hydroxylation sites is 1. The molecule has 1 aromatic heterocycles. The molecule has 0 aliphatic rings. The van der Waals surface area contributed by atoms with Gasteiger partial charge in [-0.1, -0.05) is 12.1 Å². The Balaban J connectivity index is 2.61. The first-order chi connectivity index (χ1) is 6.70. The Morgan fingerprint density at radius 3 is 3.07 bits per heavy atom. The maximum absolute atomic E-state index is 10.7. The van der Waals surface area contributed by atoms with Gasteiger partial charge < -0.3 is 15.3 Å². The highest BCUT2D eigenvalue weighted by Gasteiger charge is 2.18. The summed E-state index contributed by atoms with van der Waals surface area (Å²) >= 11 is 0. The molecule has 0 bridgehead atoms. The minimum atomic E-state index is -1.08. The molecule has 0 aliphatic heterocycles. The van der Waals surface area contributed by atoms with E-state index in [0.717, 1.165) is 0 Å². The molecule has 2 rings (SSSR count). The molecule has 14 heavy (non-hydrogen) atoms. The number of hydrogen-bond acceptors (Lipinski definition) is 4. The zero-order chi connectivity index (χ0) is 10.1. The lowest BCUT2D eigenvalue weighted by Gasteiger charge is -2.05. The molecule has 0 radical (unpaired) electrons. The lowest BCUT2D eigenvalue weighted by molar-refractivity contribution is -0.138. The van der Waals surface area contributed by atoms with E-state index in [4.69, 9.17) is 15.3 Å². The average molecular weight is 192 g/mol. The van der Waals surface area contributed by atoms with Crippen LogP contribution in [0.4, 0.5) is 0 Å². The van der Waals surface area contributed by atoms with Crippen LogP contribution in [0.15, 0.2) is 29.0 Å². The predicted octanol–water partition coefficient (Wildman–Crippen LogP) is 0.912. The van der Waals surface area contributed by atoms with Gasteiger partial charge in [-0.25, -0.2) is 4.98 Å². The number of benzene rings is 1. The van der Waals surface area contributed by atoms with E-state index < -0.39 is 12.0 Å². The van der Waals surface area contributed by atoms with E-state index >= 15 is 0 Å². The van der Waals surface area contributed by atoms with Gasteiger partial charge in [0.15, 0.2) is 12.0 Å². The first-order valence-corrected chi connectivity index (χ1v) is 4.00. The lowest BCUT2D eigenvalue weighted by Crippen LogP contribution is -2.20. The van der Waals surface area contributed by atoms with Gasteiger partial charge in [0.25, 0.3) is 0 Å². The molecule has 72 valence electrons. The molecule has 3 N–H and O–H groups in total. The normalized spacial score (nSPS) is 12.9. The van der Waals surface area contributed by atoms with Gasteiger partial charge in [0, 0.05) is 5.56 Å². The molecular weight excluding hydrogens is 184 g/mol. The molecule has 0 spiro atoms. The van der Waals surface area contributed by atoms with Crippen LogP contribution in [0.3, 0.4) is 0 Å². The summed E-state index contributed by atoms with van der Waals surface area (Å²) in [5, 5.41) is 8.75. The topological polar surface area (TPSA) is 89.4 Å². The minimum Gasteiger partial charge on any atom is -0.480 e. The van der Waals surface area contributed by atoms with Crippen LogP contribution >= 0.6 is 0 Å². The number of aromatic nitrogens is 1. The quantitative estimate of drug-likeness (QED) is 0.738. The molecule has 1 aromatic carbocycles. The lowest BCUT2D eigenvalue weighted by atomic mass is 10.1. The van der Waals surface area contributed by atoms with Crippen molar-refractivity contribution < 1.29 is 14.3 Å². The number of nitrogens with zero attached hydrogens (tertiary/aromatic N) is 1. The van der Waals surface area contributed by atoms with Crippen molar-refractivity contribution in [1.82, 2.24) is 4.98 Å². The summed E-state index contributed by atoms with van der Waals surface area (Å²) in [5.74, 6) is -1.08. The molecule has 1 heterocycles. The fourth-order valence-corrected chi connectivity index (χ4v) is 1.29. The second-order valence-electron chi connectivity index (χ2n) is 2.86. The van der Waals surface area contributed by atoms with E-state index in [-0.39, 0.29) is 0 Å². The monoisotopic (exact) mass is 192 g/mol. The molecule has 0 fully saturated rings. The predicted molar refractivity (Wildman–Crippen MR) is 48.6 cm³/mol. The molecule has 0 amide bonds. The molecule has 0 saturated heterocycles. The van der Waals surface area contributed by atoms with Gasteiger partial charge in [0.05, 0.1) is 0 Å². The smallest absolute Gasteiger partial charge is 0.325 e. The number of carboxylic acids is 1. The summed E-state index contributed by atoms with van der Waals surface area (Å²) in [4.78, 5) is 14.6. The molecule has 5 nitrogen and oxygen atoms in total. The number of carboxylic acid groups (broad SMARTS) is 1. The van der Waals surface area contributed by atoms with Crippen molar-refractivity contribution in [3.8, 4) is 0 Å². The van der Waals surface area contributed by atoms with Crippen molar-refractivity contribution in [2.75, 3.05) is 0 Å². The minimum absolute atomic E-state index is 0.462. The first kappa shape index (κ1) is 8.71. The number of hydrogen-bond donors (Lipinski definition) is 2. The maximum atomic E-state index is 10.7. The highest BCUT2D eigenvalue weighted by Crippen LogP contribution is 2.21. The Bertz CT molecular complexity index is 478. The number of fused-ring (bicyclic) bond motifs is 1. The van der Waals surface area contributed by atoms with E-state index in [0.29, 0.717) is 16.7 Å². The number of oxazole rings is 1. The van der Waals surface area contributed by atoms with Crippen LogP contribution in [0, 0.1) is 0 Å². The second-order valence-corrected chi connectivity index (χ2v) is 2.86. The fourth-order valence-electron chi connectivity index (χ4n) is 1.29. The molecular formula is C9H8N2O3. The molecule has 5 heteroatoms. The van der Waals surface area contributed by atoms with Crippen molar-refractivity contribution in [2.24, 2.45) is 5.73 Å². The third-order valence-corrected chi connectivity index (χ3v) is 1.99. The van der Waals surface area contributed by atoms with Crippen LogP contribution in [0.25, 0.3) is 11.1 Å². The van der Waals surface area contributed by atoms with Crippen molar-refractivity contribution in [2.45, 2.75) is 6.04 Å². The summed E-state index contributed by atoms with van der Waals surface area (Å²) in [5.41, 5.74) is 6.99.